The summed E-state index contributed by atoms with van der Waals surface area (Å²) in [6.07, 6.45) is 1.83. The van der Waals surface area contributed by atoms with Gasteiger partial charge in [0.1, 0.15) is 17.3 Å². The van der Waals surface area contributed by atoms with Gasteiger partial charge in [0.25, 0.3) is 0 Å². The number of hydrogen-bond acceptors (Lipinski definition) is 4. The first-order valence-corrected chi connectivity index (χ1v) is 12.6. The molecule has 3 heterocycles. The first-order chi connectivity index (χ1) is 18.3. The lowest BCUT2D eigenvalue weighted by atomic mass is 10.1. The Morgan fingerprint density at radius 1 is 0.568 bits per heavy atom. The molecule has 0 spiro atoms. The van der Waals surface area contributed by atoms with Crippen molar-refractivity contribution in [3.8, 4) is 17.3 Å². The summed E-state index contributed by atoms with van der Waals surface area (Å²) < 4.78 is 8.62. The van der Waals surface area contributed by atoms with Crippen LogP contribution in [0.25, 0.3) is 27.6 Å². The molecule has 1 aliphatic heterocycles. The van der Waals surface area contributed by atoms with Gasteiger partial charge < -0.3 is 14.5 Å². The highest BCUT2D eigenvalue weighted by Crippen LogP contribution is 2.35. The molecule has 0 aliphatic carbocycles. The van der Waals surface area contributed by atoms with E-state index in [9.17, 15) is 0 Å². The second kappa shape index (κ2) is 9.03. The highest BCUT2D eigenvalue weighted by atomic mass is 16.5. The van der Waals surface area contributed by atoms with Crippen LogP contribution in [0.4, 0.5) is 11.4 Å². The Kier molecular flexibility index (Phi) is 5.25. The number of anilines is 2. The number of benzene rings is 4. The molecule has 0 radical (unpaired) electrons. The first kappa shape index (κ1) is 21.5. The summed E-state index contributed by atoms with van der Waals surface area (Å²) in [6, 6.07) is 39.7. The van der Waals surface area contributed by atoms with E-state index in [0.29, 0.717) is 0 Å². The Hall–Kier alpha value is -4.77. The number of fused-ring (bicyclic) bond motifs is 3. The van der Waals surface area contributed by atoms with Crippen molar-refractivity contribution in [1.82, 2.24) is 9.55 Å². The molecular formula is C32H26N4O. The Morgan fingerprint density at radius 3 is 2.16 bits per heavy atom. The van der Waals surface area contributed by atoms with Crippen LogP contribution in [0.1, 0.15) is 0 Å². The van der Waals surface area contributed by atoms with Crippen LogP contribution >= 0.6 is 0 Å². The van der Waals surface area contributed by atoms with Crippen LogP contribution in [0.15, 0.2) is 121 Å². The summed E-state index contributed by atoms with van der Waals surface area (Å²) in [4.78, 5) is 9.42. The van der Waals surface area contributed by atoms with E-state index in [-0.39, 0.29) is 0 Å². The third kappa shape index (κ3) is 3.95. The van der Waals surface area contributed by atoms with E-state index in [1.54, 1.807) is 0 Å². The third-order valence-electron chi connectivity index (χ3n) is 7.04. The molecule has 6 aromatic rings. The Balaban J connectivity index is 1.20. The van der Waals surface area contributed by atoms with E-state index in [4.69, 9.17) is 4.74 Å². The number of ether oxygens (including phenoxy) is 1. The van der Waals surface area contributed by atoms with Gasteiger partial charge in [-0.25, -0.2) is 4.98 Å². The minimum atomic E-state index is 0.803. The normalized spacial score (nSPS) is 13.5. The van der Waals surface area contributed by atoms with Crippen molar-refractivity contribution < 1.29 is 4.74 Å². The van der Waals surface area contributed by atoms with Gasteiger partial charge in [0.05, 0.1) is 17.7 Å². The van der Waals surface area contributed by atoms with Crippen LogP contribution < -0.4 is 14.5 Å². The lowest BCUT2D eigenvalue weighted by molar-refractivity contribution is 0.483. The van der Waals surface area contributed by atoms with Gasteiger partial charge in [0, 0.05) is 53.6 Å². The molecule has 0 unspecified atom stereocenters. The number of aromatic nitrogens is 2. The first-order valence-electron chi connectivity index (χ1n) is 12.6. The van der Waals surface area contributed by atoms with E-state index in [0.717, 1.165) is 48.1 Å². The van der Waals surface area contributed by atoms with Crippen molar-refractivity contribution in [3.05, 3.63) is 121 Å². The molecule has 1 fully saturated rings. The van der Waals surface area contributed by atoms with E-state index in [1.165, 1.54) is 22.1 Å². The number of hydrogen-bond donors (Lipinski definition) is 0. The monoisotopic (exact) mass is 482 g/mol. The SMILES string of the molecule is c1ccc(N2CCN(c3cccc(Oc4ccc5c6ccccc6n(-c6ccccn6)c5c4)c3)C2)cc1. The summed E-state index contributed by atoms with van der Waals surface area (Å²) in [6.45, 7) is 2.85. The molecular weight excluding hydrogens is 456 g/mol. The fraction of sp³-hybridized carbons (Fsp3) is 0.0938. The summed E-state index contributed by atoms with van der Waals surface area (Å²) in [5.41, 5.74) is 4.63. The van der Waals surface area contributed by atoms with Crippen LogP contribution in [-0.2, 0) is 0 Å². The summed E-state index contributed by atoms with van der Waals surface area (Å²) in [7, 11) is 0. The molecule has 7 rings (SSSR count). The highest BCUT2D eigenvalue weighted by Gasteiger charge is 2.21. The Labute approximate surface area is 215 Å². The Morgan fingerprint density at radius 2 is 1.30 bits per heavy atom. The number of rotatable bonds is 5. The summed E-state index contributed by atoms with van der Waals surface area (Å²) >= 11 is 0. The summed E-state index contributed by atoms with van der Waals surface area (Å²) in [5, 5.41) is 2.38. The molecule has 5 heteroatoms. The molecule has 1 saturated heterocycles. The van der Waals surface area contributed by atoms with Crippen molar-refractivity contribution >= 4 is 33.2 Å². The maximum atomic E-state index is 6.41. The van der Waals surface area contributed by atoms with Crippen molar-refractivity contribution in [2.45, 2.75) is 0 Å². The molecule has 0 N–H and O–H groups in total. The quantitative estimate of drug-likeness (QED) is 0.259. The minimum absolute atomic E-state index is 0.803. The van der Waals surface area contributed by atoms with E-state index >= 15 is 0 Å². The second-order valence-electron chi connectivity index (χ2n) is 9.32. The largest absolute Gasteiger partial charge is 0.457 e. The number of nitrogens with zero attached hydrogens (tertiary/aromatic N) is 4. The minimum Gasteiger partial charge on any atom is -0.457 e. The Bertz CT molecular complexity index is 1690. The molecule has 2 aromatic heterocycles. The zero-order valence-corrected chi connectivity index (χ0v) is 20.4. The highest BCUT2D eigenvalue weighted by molar-refractivity contribution is 6.09. The van der Waals surface area contributed by atoms with Gasteiger partial charge in [-0.3, -0.25) is 4.57 Å². The molecule has 0 bridgehead atoms. The fourth-order valence-electron chi connectivity index (χ4n) is 5.28. The molecule has 0 atom stereocenters. The average molecular weight is 483 g/mol. The lowest BCUT2D eigenvalue weighted by Crippen LogP contribution is -2.24. The van der Waals surface area contributed by atoms with Gasteiger partial charge in [-0.1, -0.05) is 48.5 Å². The topological polar surface area (TPSA) is 33.5 Å². The van der Waals surface area contributed by atoms with Crippen LogP contribution in [0.3, 0.4) is 0 Å². The van der Waals surface area contributed by atoms with Crippen LogP contribution in [0.5, 0.6) is 11.5 Å². The van der Waals surface area contributed by atoms with Gasteiger partial charge >= 0.3 is 0 Å². The van der Waals surface area contributed by atoms with Crippen molar-refractivity contribution in [2.75, 3.05) is 29.6 Å². The predicted octanol–water partition coefficient (Wildman–Crippen LogP) is 7.26. The second-order valence-corrected chi connectivity index (χ2v) is 9.32. The smallest absolute Gasteiger partial charge is 0.137 e. The van der Waals surface area contributed by atoms with Crippen LogP contribution in [0.2, 0.25) is 0 Å². The molecule has 37 heavy (non-hydrogen) atoms. The van der Waals surface area contributed by atoms with Gasteiger partial charge in [-0.15, -0.1) is 0 Å². The van der Waals surface area contributed by atoms with Gasteiger partial charge in [-0.2, -0.15) is 0 Å². The van der Waals surface area contributed by atoms with E-state index in [2.05, 4.69) is 110 Å². The van der Waals surface area contributed by atoms with Gasteiger partial charge in [0.2, 0.25) is 0 Å². The maximum absolute atomic E-state index is 6.41. The zero-order valence-electron chi connectivity index (χ0n) is 20.4. The number of para-hydroxylation sites is 2. The van der Waals surface area contributed by atoms with Gasteiger partial charge in [-0.05, 0) is 54.6 Å². The molecule has 0 amide bonds. The standard InChI is InChI=1S/C32H26N4O/c1-2-9-24(10-3-1)34-19-20-35(23-34)25-11-8-12-26(21-25)37-27-16-17-29-28-13-4-5-14-30(28)36(31(29)22-27)32-15-6-7-18-33-32/h1-18,21-22H,19-20,23H2. The third-order valence-corrected chi connectivity index (χ3v) is 7.04. The number of pyridine rings is 1. The van der Waals surface area contributed by atoms with Crippen LogP contribution in [0, 0.1) is 0 Å². The molecule has 180 valence electrons. The molecule has 0 saturated carbocycles. The lowest BCUT2D eigenvalue weighted by Gasteiger charge is -2.21. The van der Waals surface area contributed by atoms with Crippen LogP contribution in [-0.4, -0.2) is 29.3 Å². The molecule has 1 aliphatic rings. The van der Waals surface area contributed by atoms with Gasteiger partial charge in [0.15, 0.2) is 0 Å². The van der Waals surface area contributed by atoms with E-state index in [1.807, 2.05) is 30.5 Å². The van der Waals surface area contributed by atoms with E-state index < -0.39 is 0 Å². The van der Waals surface area contributed by atoms with Crippen molar-refractivity contribution in [3.63, 3.8) is 0 Å². The fourth-order valence-corrected chi connectivity index (χ4v) is 5.28. The van der Waals surface area contributed by atoms with Crippen molar-refractivity contribution in [2.24, 2.45) is 0 Å². The summed E-state index contributed by atoms with van der Waals surface area (Å²) in [5.74, 6) is 2.53. The van der Waals surface area contributed by atoms with Crippen molar-refractivity contribution in [1.29, 1.82) is 0 Å². The molecule has 5 nitrogen and oxygen atoms in total. The average Bonchev–Trinajstić information content (AvgIpc) is 3.58. The molecule has 4 aromatic carbocycles. The predicted molar refractivity (Wildman–Crippen MR) is 151 cm³/mol. The zero-order chi connectivity index (χ0) is 24.6. The maximum Gasteiger partial charge on any atom is 0.137 e.